The average Bonchev–Trinajstić information content (AvgIpc) is 2.78. The first-order valence-electron chi connectivity index (χ1n) is 4.84. The van der Waals surface area contributed by atoms with Gasteiger partial charge in [0.1, 0.15) is 0 Å². The molecule has 2 aromatic rings. The van der Waals surface area contributed by atoms with E-state index in [-0.39, 0.29) is 0 Å². The molecule has 1 saturated carbocycles. The third-order valence-electron chi connectivity index (χ3n) is 2.23. The minimum atomic E-state index is 0.469. The van der Waals surface area contributed by atoms with Gasteiger partial charge in [0.25, 0.3) is 0 Å². The SMILES string of the molecule is c1n[nH]nc1-c1noc(CNC2CC2)n1. The smallest absolute Gasteiger partial charge is 0.240 e. The summed E-state index contributed by atoms with van der Waals surface area (Å²) in [6, 6.07) is 0.632. The van der Waals surface area contributed by atoms with Crippen molar-refractivity contribution in [1.29, 1.82) is 0 Å². The van der Waals surface area contributed by atoms with Crippen LogP contribution >= 0.6 is 0 Å². The summed E-state index contributed by atoms with van der Waals surface area (Å²) in [6.45, 7) is 0.621. The van der Waals surface area contributed by atoms with Crippen molar-refractivity contribution in [3.63, 3.8) is 0 Å². The number of nitrogens with one attached hydrogen (secondary N) is 2. The minimum Gasteiger partial charge on any atom is -0.337 e. The highest BCUT2D eigenvalue weighted by molar-refractivity contribution is 5.44. The second-order valence-electron chi connectivity index (χ2n) is 3.52. The zero-order valence-corrected chi connectivity index (χ0v) is 7.97. The van der Waals surface area contributed by atoms with E-state index in [0.29, 0.717) is 30.0 Å². The Morgan fingerprint density at radius 1 is 1.53 bits per heavy atom. The van der Waals surface area contributed by atoms with Crippen LogP contribution < -0.4 is 5.32 Å². The molecule has 15 heavy (non-hydrogen) atoms. The first-order valence-corrected chi connectivity index (χ1v) is 4.84. The van der Waals surface area contributed by atoms with E-state index in [9.17, 15) is 0 Å². The van der Waals surface area contributed by atoms with E-state index in [1.54, 1.807) is 6.20 Å². The maximum Gasteiger partial charge on any atom is 0.240 e. The molecule has 0 amide bonds. The van der Waals surface area contributed by atoms with Crippen LogP contribution in [0.15, 0.2) is 10.7 Å². The van der Waals surface area contributed by atoms with Gasteiger partial charge in [0.2, 0.25) is 11.7 Å². The van der Waals surface area contributed by atoms with Crippen molar-refractivity contribution in [1.82, 2.24) is 30.9 Å². The van der Waals surface area contributed by atoms with Gasteiger partial charge in [-0.2, -0.15) is 20.4 Å². The zero-order valence-electron chi connectivity index (χ0n) is 7.97. The maximum atomic E-state index is 5.06. The second-order valence-corrected chi connectivity index (χ2v) is 3.52. The Bertz CT molecular complexity index is 432. The van der Waals surface area contributed by atoms with Crippen LogP contribution in [0, 0.1) is 0 Å². The molecule has 0 saturated heterocycles. The molecule has 1 fully saturated rings. The summed E-state index contributed by atoms with van der Waals surface area (Å²) >= 11 is 0. The molecule has 0 radical (unpaired) electrons. The number of aromatic amines is 1. The number of aromatic nitrogens is 5. The molecule has 0 bridgehead atoms. The van der Waals surface area contributed by atoms with Crippen molar-refractivity contribution in [2.75, 3.05) is 0 Å². The van der Waals surface area contributed by atoms with Gasteiger partial charge in [-0.1, -0.05) is 5.16 Å². The van der Waals surface area contributed by atoms with Crippen molar-refractivity contribution >= 4 is 0 Å². The number of rotatable bonds is 4. The molecule has 0 aliphatic heterocycles. The Balaban J connectivity index is 1.69. The van der Waals surface area contributed by atoms with E-state index in [0.717, 1.165) is 0 Å². The van der Waals surface area contributed by atoms with Gasteiger partial charge in [-0.15, -0.1) is 0 Å². The normalized spacial score (nSPS) is 15.7. The summed E-state index contributed by atoms with van der Waals surface area (Å²) in [5.41, 5.74) is 0.594. The lowest BCUT2D eigenvalue weighted by molar-refractivity contribution is 0.367. The van der Waals surface area contributed by atoms with Crippen molar-refractivity contribution < 1.29 is 4.52 Å². The Labute approximate surface area is 85.3 Å². The van der Waals surface area contributed by atoms with Crippen LogP contribution in [0.3, 0.4) is 0 Å². The molecule has 78 valence electrons. The summed E-state index contributed by atoms with van der Waals surface area (Å²) in [7, 11) is 0. The first kappa shape index (κ1) is 8.54. The van der Waals surface area contributed by atoms with Gasteiger partial charge < -0.3 is 9.84 Å². The quantitative estimate of drug-likeness (QED) is 0.737. The lowest BCUT2D eigenvalue weighted by Crippen LogP contribution is -2.15. The Hall–Kier alpha value is -1.76. The van der Waals surface area contributed by atoms with Crippen molar-refractivity contribution in [3.8, 4) is 11.5 Å². The summed E-state index contributed by atoms with van der Waals surface area (Å²) in [6.07, 6.45) is 4.04. The van der Waals surface area contributed by atoms with Crippen LogP contribution in [0.2, 0.25) is 0 Å². The van der Waals surface area contributed by atoms with Gasteiger partial charge in [-0.05, 0) is 12.8 Å². The lowest BCUT2D eigenvalue weighted by Gasteiger charge is -1.94. The molecule has 1 aliphatic rings. The van der Waals surface area contributed by atoms with Crippen LogP contribution in [0.25, 0.3) is 11.5 Å². The maximum absolute atomic E-state index is 5.06. The van der Waals surface area contributed by atoms with Crippen LogP contribution in [0.5, 0.6) is 0 Å². The van der Waals surface area contributed by atoms with Gasteiger partial charge >= 0.3 is 0 Å². The third-order valence-corrected chi connectivity index (χ3v) is 2.23. The number of hydrogen-bond donors (Lipinski definition) is 2. The van der Waals surface area contributed by atoms with Gasteiger partial charge in [0.05, 0.1) is 12.7 Å². The third kappa shape index (κ3) is 1.86. The van der Waals surface area contributed by atoms with Crippen LogP contribution in [0.4, 0.5) is 0 Å². The fourth-order valence-corrected chi connectivity index (χ4v) is 1.26. The molecule has 0 aromatic carbocycles. The summed E-state index contributed by atoms with van der Waals surface area (Å²) in [5, 5.41) is 17.1. The number of nitrogens with zero attached hydrogens (tertiary/aromatic N) is 4. The van der Waals surface area contributed by atoms with Crippen molar-refractivity contribution in [2.24, 2.45) is 0 Å². The molecule has 2 N–H and O–H groups in total. The van der Waals surface area contributed by atoms with Gasteiger partial charge in [-0.3, -0.25) is 0 Å². The minimum absolute atomic E-state index is 0.469. The fourth-order valence-electron chi connectivity index (χ4n) is 1.26. The summed E-state index contributed by atoms with van der Waals surface area (Å²) in [5.74, 6) is 1.05. The van der Waals surface area contributed by atoms with E-state index in [4.69, 9.17) is 4.52 Å². The molecule has 0 spiro atoms. The van der Waals surface area contributed by atoms with Crippen LogP contribution in [-0.4, -0.2) is 31.6 Å². The van der Waals surface area contributed by atoms with Gasteiger partial charge in [0.15, 0.2) is 5.69 Å². The van der Waals surface area contributed by atoms with Crippen LogP contribution in [0.1, 0.15) is 18.7 Å². The number of hydrogen-bond acceptors (Lipinski definition) is 6. The highest BCUT2D eigenvalue weighted by atomic mass is 16.5. The van der Waals surface area contributed by atoms with E-state index >= 15 is 0 Å². The lowest BCUT2D eigenvalue weighted by atomic mass is 10.4. The van der Waals surface area contributed by atoms with E-state index < -0.39 is 0 Å². The molecule has 7 heteroatoms. The number of H-pyrrole nitrogens is 1. The summed E-state index contributed by atoms with van der Waals surface area (Å²) < 4.78 is 5.06. The molecule has 0 atom stereocenters. The molecule has 0 unspecified atom stereocenters. The fraction of sp³-hybridized carbons (Fsp3) is 0.500. The van der Waals surface area contributed by atoms with Crippen LogP contribution in [-0.2, 0) is 6.54 Å². The monoisotopic (exact) mass is 206 g/mol. The topological polar surface area (TPSA) is 92.5 Å². The predicted octanol–water partition coefficient (Wildman–Crippen LogP) is 0.107. The van der Waals surface area contributed by atoms with Gasteiger partial charge in [0, 0.05) is 6.04 Å². The predicted molar refractivity (Wildman–Crippen MR) is 49.5 cm³/mol. The van der Waals surface area contributed by atoms with E-state index in [1.807, 2.05) is 0 Å². The highest BCUT2D eigenvalue weighted by Gasteiger charge is 2.21. The van der Waals surface area contributed by atoms with E-state index in [1.165, 1.54) is 12.8 Å². The van der Waals surface area contributed by atoms with Gasteiger partial charge in [-0.25, -0.2) is 0 Å². The molecule has 2 aromatic heterocycles. The zero-order chi connectivity index (χ0) is 10.1. The summed E-state index contributed by atoms with van der Waals surface area (Å²) in [4.78, 5) is 4.19. The molecule has 1 aliphatic carbocycles. The molecular formula is C8H10N6O. The highest BCUT2D eigenvalue weighted by Crippen LogP contribution is 2.19. The second kappa shape index (κ2) is 3.43. The standard InChI is InChI=1S/C8H10N6O/c1-2-5(1)9-4-7-11-8(13-15-7)6-3-10-14-12-6/h3,5,9H,1-2,4H2,(H,10,12,14). The Morgan fingerprint density at radius 2 is 2.47 bits per heavy atom. The van der Waals surface area contributed by atoms with Crippen molar-refractivity contribution in [3.05, 3.63) is 12.1 Å². The Kier molecular flexibility index (Phi) is 1.95. The van der Waals surface area contributed by atoms with E-state index in [2.05, 4.69) is 30.9 Å². The molecule has 2 heterocycles. The first-order chi connectivity index (χ1) is 7.42. The molecular weight excluding hydrogens is 196 g/mol. The largest absolute Gasteiger partial charge is 0.337 e. The molecule has 7 nitrogen and oxygen atoms in total. The van der Waals surface area contributed by atoms with Crippen molar-refractivity contribution in [2.45, 2.75) is 25.4 Å². The molecule has 3 rings (SSSR count). The Morgan fingerprint density at radius 3 is 3.20 bits per heavy atom. The average molecular weight is 206 g/mol.